The van der Waals surface area contributed by atoms with Crippen LogP contribution in [0.15, 0.2) is 0 Å². The molecule has 0 aliphatic rings. The summed E-state index contributed by atoms with van der Waals surface area (Å²) in [6, 6.07) is 0. The lowest BCUT2D eigenvalue weighted by Gasteiger charge is -2.21. The van der Waals surface area contributed by atoms with Crippen molar-refractivity contribution in [3.05, 3.63) is 0 Å². The molecule has 0 aliphatic carbocycles. The van der Waals surface area contributed by atoms with Crippen molar-refractivity contribution in [1.82, 2.24) is 0 Å². The van der Waals surface area contributed by atoms with Crippen LogP contribution in [0.1, 0.15) is 370 Å². The van der Waals surface area contributed by atoms with Gasteiger partial charge in [-0.15, -0.1) is 0 Å². The number of esters is 4. The van der Waals surface area contributed by atoms with Crippen molar-refractivity contribution in [3.8, 4) is 0 Å². The maximum atomic E-state index is 13.1. The number of aliphatic hydroxyl groups is 1. The molecule has 0 rings (SSSR count). The van der Waals surface area contributed by atoms with Gasteiger partial charge in [0.2, 0.25) is 0 Å². The molecule has 3 unspecified atom stereocenters. The second kappa shape index (κ2) is 63.5. The lowest BCUT2D eigenvalue weighted by molar-refractivity contribution is -0.161. The summed E-state index contributed by atoms with van der Waals surface area (Å²) < 4.78 is 68.4. The van der Waals surface area contributed by atoms with Crippen molar-refractivity contribution < 1.29 is 80.2 Å². The fraction of sp³-hybridized carbons (Fsp3) is 0.946. The van der Waals surface area contributed by atoms with Crippen LogP contribution >= 0.6 is 15.6 Å². The van der Waals surface area contributed by atoms with Crippen LogP contribution in [0.5, 0.6) is 0 Å². The fourth-order valence-corrected chi connectivity index (χ4v) is 12.8. The summed E-state index contributed by atoms with van der Waals surface area (Å²) in [5.74, 6) is 0.874. The molecule has 5 atom stereocenters. The van der Waals surface area contributed by atoms with Crippen LogP contribution < -0.4 is 0 Å². The van der Waals surface area contributed by atoms with Gasteiger partial charge in [-0.2, -0.15) is 0 Å². The van der Waals surface area contributed by atoms with Gasteiger partial charge < -0.3 is 33.8 Å². The molecule has 0 aliphatic heterocycles. The second-order valence-electron chi connectivity index (χ2n) is 28.6. The van der Waals surface area contributed by atoms with Crippen molar-refractivity contribution >= 4 is 39.5 Å². The molecule has 0 saturated carbocycles. The Hall–Kier alpha value is -1.94. The number of phosphoric acid groups is 2. The molecule has 19 heteroatoms. The highest BCUT2D eigenvalue weighted by molar-refractivity contribution is 7.47. The average molecular weight is 1370 g/mol. The molecule has 0 fully saturated rings. The quantitative estimate of drug-likeness (QED) is 0.0222. The van der Waals surface area contributed by atoms with Crippen molar-refractivity contribution in [1.29, 1.82) is 0 Å². The monoisotopic (exact) mass is 1370 g/mol. The molecule has 3 N–H and O–H groups in total. The minimum Gasteiger partial charge on any atom is -0.462 e. The number of unbranched alkanes of at least 4 members (excludes halogenated alkanes) is 37. The van der Waals surface area contributed by atoms with E-state index < -0.39 is 97.5 Å². The Morgan fingerprint density at radius 2 is 0.452 bits per heavy atom. The Morgan fingerprint density at radius 3 is 0.667 bits per heavy atom. The van der Waals surface area contributed by atoms with Gasteiger partial charge >= 0.3 is 39.5 Å². The third kappa shape index (κ3) is 68.4. The average Bonchev–Trinajstić information content (AvgIpc) is 1.81. The third-order valence-electron chi connectivity index (χ3n) is 17.1. The van der Waals surface area contributed by atoms with E-state index in [0.29, 0.717) is 31.6 Å². The number of rotatable bonds is 71. The van der Waals surface area contributed by atoms with E-state index in [4.69, 9.17) is 37.0 Å². The Kier molecular flexibility index (Phi) is 62.2. The highest BCUT2D eigenvalue weighted by atomic mass is 31.2. The van der Waals surface area contributed by atoms with Crippen LogP contribution in [0.4, 0.5) is 0 Å². The van der Waals surface area contributed by atoms with E-state index in [1.165, 1.54) is 167 Å². The molecule has 0 aromatic carbocycles. The Labute approximate surface area is 568 Å². The number of carbonyl (C=O) groups is 4. The van der Waals surface area contributed by atoms with E-state index in [9.17, 15) is 43.2 Å². The van der Waals surface area contributed by atoms with Crippen LogP contribution in [0.3, 0.4) is 0 Å². The summed E-state index contributed by atoms with van der Waals surface area (Å²) in [4.78, 5) is 72.7. The molecule has 552 valence electrons. The molecule has 0 aromatic rings. The summed E-state index contributed by atoms with van der Waals surface area (Å²) in [7, 11) is -9.91. The molecule has 0 radical (unpaired) electrons. The maximum absolute atomic E-state index is 13.1. The molecule has 0 heterocycles. The maximum Gasteiger partial charge on any atom is 0.472 e. The lowest BCUT2D eigenvalue weighted by Crippen LogP contribution is -2.30. The van der Waals surface area contributed by atoms with Gasteiger partial charge in [0, 0.05) is 25.7 Å². The number of carbonyl (C=O) groups excluding carboxylic acids is 4. The van der Waals surface area contributed by atoms with Crippen LogP contribution in [0, 0.1) is 23.7 Å². The minimum atomic E-state index is -4.96. The van der Waals surface area contributed by atoms with Gasteiger partial charge in [0.25, 0.3) is 0 Å². The number of aliphatic hydroxyl groups excluding tert-OH is 1. The van der Waals surface area contributed by atoms with Gasteiger partial charge in [-0.25, -0.2) is 9.13 Å². The van der Waals surface area contributed by atoms with E-state index in [1.54, 1.807) is 0 Å². The highest BCUT2D eigenvalue weighted by Gasteiger charge is 2.30. The molecule has 0 amide bonds. The second-order valence-corrected chi connectivity index (χ2v) is 31.5. The number of ether oxygens (including phenoxy) is 4. The van der Waals surface area contributed by atoms with Crippen molar-refractivity contribution in [2.24, 2.45) is 23.7 Å². The van der Waals surface area contributed by atoms with E-state index in [1.807, 2.05) is 0 Å². The van der Waals surface area contributed by atoms with Crippen molar-refractivity contribution in [2.45, 2.75) is 388 Å². The van der Waals surface area contributed by atoms with Gasteiger partial charge in [-0.1, -0.05) is 319 Å². The summed E-state index contributed by atoms with van der Waals surface area (Å²) >= 11 is 0. The Bertz CT molecular complexity index is 1830. The van der Waals surface area contributed by atoms with E-state index in [-0.39, 0.29) is 25.7 Å². The standard InChI is InChI=1S/C74H144O17P2/c1-64(2)50-42-34-26-19-15-11-9-10-12-17-21-30-38-46-54-71(76)84-60-69(90-73(78)56-48-40-31-22-18-14-13-16-20-27-35-43-51-65(3)4)62-88-92(80,81)86-58-68(75)59-87-93(82,83)89-63-70(61-85-72(77)55-47-39-33-25-29-37-45-53-67(7)8)91-74(79)57-49-41-32-24-23-28-36-44-52-66(5)6/h64-70,75H,9-63H2,1-8H3,(H,80,81)(H,82,83)/t68?,69-,70-/m1/s1. The highest BCUT2D eigenvalue weighted by Crippen LogP contribution is 2.45. The Balaban J connectivity index is 5.24. The fourth-order valence-electron chi connectivity index (χ4n) is 11.2. The third-order valence-corrected chi connectivity index (χ3v) is 19.0. The van der Waals surface area contributed by atoms with Crippen LogP contribution in [0.25, 0.3) is 0 Å². The SMILES string of the molecule is CC(C)CCCCCCCCCCCCCCCCC(=O)OC[C@H](COP(=O)(O)OCC(O)COP(=O)(O)OC[C@@H](COC(=O)CCCCCCCCCC(C)C)OC(=O)CCCCCCCCCCC(C)C)OC(=O)CCCCCCCCCCCCCCC(C)C. The summed E-state index contributed by atoms with van der Waals surface area (Å²) in [6.07, 6.45) is 47.3. The first-order valence-corrected chi connectivity index (χ1v) is 41.2. The van der Waals surface area contributed by atoms with E-state index >= 15 is 0 Å². The predicted octanol–water partition coefficient (Wildman–Crippen LogP) is 21.3. The Morgan fingerprint density at radius 1 is 0.269 bits per heavy atom. The van der Waals surface area contributed by atoms with Crippen molar-refractivity contribution in [3.63, 3.8) is 0 Å². The summed E-state index contributed by atoms with van der Waals surface area (Å²) in [6.45, 7) is 14.1. The predicted molar refractivity (Wildman–Crippen MR) is 377 cm³/mol. The molecule has 0 aromatic heterocycles. The topological polar surface area (TPSA) is 237 Å². The minimum absolute atomic E-state index is 0.103. The van der Waals surface area contributed by atoms with Gasteiger partial charge in [-0.05, 0) is 49.4 Å². The van der Waals surface area contributed by atoms with Crippen LogP contribution in [0.2, 0.25) is 0 Å². The number of hydrogen-bond acceptors (Lipinski definition) is 15. The molecule has 0 bridgehead atoms. The molecule has 93 heavy (non-hydrogen) atoms. The largest absolute Gasteiger partial charge is 0.472 e. The summed E-state index contributed by atoms with van der Waals surface area (Å²) in [5.41, 5.74) is 0. The zero-order chi connectivity index (χ0) is 68.9. The van der Waals surface area contributed by atoms with E-state index in [0.717, 1.165) is 114 Å². The number of hydrogen-bond donors (Lipinski definition) is 3. The van der Waals surface area contributed by atoms with Crippen molar-refractivity contribution in [2.75, 3.05) is 39.6 Å². The van der Waals surface area contributed by atoms with Gasteiger partial charge in [0.15, 0.2) is 12.2 Å². The first kappa shape index (κ1) is 91.1. The van der Waals surface area contributed by atoms with E-state index in [2.05, 4.69) is 55.4 Å². The number of phosphoric ester groups is 2. The van der Waals surface area contributed by atoms with Gasteiger partial charge in [0.05, 0.1) is 26.4 Å². The van der Waals surface area contributed by atoms with Crippen LogP contribution in [-0.4, -0.2) is 96.7 Å². The zero-order valence-electron chi connectivity index (χ0n) is 60.9. The first-order chi connectivity index (χ1) is 44.6. The lowest BCUT2D eigenvalue weighted by atomic mass is 10.0. The molecule has 17 nitrogen and oxygen atoms in total. The summed E-state index contributed by atoms with van der Waals surface area (Å²) in [5, 5.41) is 10.6. The molecular formula is C74H144O17P2. The molecular weight excluding hydrogens is 1220 g/mol. The molecule has 0 spiro atoms. The molecule has 0 saturated heterocycles. The first-order valence-electron chi connectivity index (χ1n) is 38.2. The zero-order valence-corrected chi connectivity index (χ0v) is 62.7. The smallest absolute Gasteiger partial charge is 0.462 e. The normalized spacial score (nSPS) is 14.2. The van der Waals surface area contributed by atoms with Crippen LogP contribution in [-0.2, 0) is 65.4 Å². The van der Waals surface area contributed by atoms with Gasteiger partial charge in [0.1, 0.15) is 19.3 Å². The van der Waals surface area contributed by atoms with Gasteiger partial charge in [-0.3, -0.25) is 37.3 Å².